The number of ether oxygens (including phenoxy) is 2. The Labute approximate surface area is 139 Å². The van der Waals surface area contributed by atoms with Crippen LogP contribution in [-0.4, -0.2) is 31.4 Å². The summed E-state index contributed by atoms with van der Waals surface area (Å²) in [5.41, 5.74) is 0.414. The first-order chi connectivity index (χ1) is 10.7. The summed E-state index contributed by atoms with van der Waals surface area (Å²) in [6.07, 6.45) is 0.478. The van der Waals surface area contributed by atoms with Crippen LogP contribution in [0.2, 0.25) is 0 Å². The van der Waals surface area contributed by atoms with E-state index in [4.69, 9.17) is 9.47 Å². The van der Waals surface area contributed by atoms with Crippen molar-refractivity contribution < 1.29 is 14.3 Å². The molecule has 2 N–H and O–H groups in total. The van der Waals surface area contributed by atoms with Crippen molar-refractivity contribution in [3.05, 3.63) is 24.3 Å². The summed E-state index contributed by atoms with van der Waals surface area (Å²) in [6, 6.07) is 7.72. The molecule has 0 spiro atoms. The summed E-state index contributed by atoms with van der Waals surface area (Å²) in [5.74, 6) is 1.25. The number of rotatable bonds is 7. The second-order valence-electron chi connectivity index (χ2n) is 7.05. The molecule has 1 aromatic rings. The number of para-hydroxylation sites is 2. The van der Waals surface area contributed by atoms with Gasteiger partial charge in [-0.05, 0) is 45.2 Å². The van der Waals surface area contributed by atoms with E-state index < -0.39 is 5.60 Å². The molecule has 0 heterocycles. The Morgan fingerprint density at radius 1 is 1.22 bits per heavy atom. The average Bonchev–Trinajstić information content (AvgIpc) is 2.42. The minimum absolute atomic E-state index is 0.0187. The molecule has 1 rings (SSSR count). The van der Waals surface area contributed by atoms with Gasteiger partial charge in [0.2, 0.25) is 0 Å². The molecule has 130 valence electrons. The smallest absolute Gasteiger partial charge is 0.407 e. The molecule has 0 saturated heterocycles. The van der Waals surface area contributed by atoms with E-state index in [1.807, 2.05) is 45.0 Å². The zero-order valence-electron chi connectivity index (χ0n) is 15.1. The first-order valence-corrected chi connectivity index (χ1v) is 8.07. The van der Waals surface area contributed by atoms with Gasteiger partial charge >= 0.3 is 6.09 Å². The minimum atomic E-state index is -0.497. The molecule has 0 aliphatic rings. The summed E-state index contributed by atoms with van der Waals surface area (Å²) in [5, 5.41) is 6.29. The molecule has 0 aromatic heterocycles. The molecule has 5 nitrogen and oxygen atoms in total. The molecule has 0 unspecified atom stereocenters. The van der Waals surface area contributed by atoms with Crippen LogP contribution in [0.4, 0.5) is 10.5 Å². The van der Waals surface area contributed by atoms with E-state index in [1.54, 1.807) is 7.11 Å². The molecule has 0 bridgehead atoms. The summed E-state index contributed by atoms with van der Waals surface area (Å²) in [7, 11) is 1.64. The number of carbonyl (C=O) groups excluding carboxylic acids is 1. The van der Waals surface area contributed by atoms with Gasteiger partial charge in [0.15, 0.2) is 0 Å². The van der Waals surface area contributed by atoms with Gasteiger partial charge in [-0.25, -0.2) is 4.79 Å². The van der Waals surface area contributed by atoms with Crippen molar-refractivity contribution in [2.45, 2.75) is 52.7 Å². The van der Waals surface area contributed by atoms with Gasteiger partial charge in [0.1, 0.15) is 11.4 Å². The van der Waals surface area contributed by atoms with Gasteiger partial charge in [-0.15, -0.1) is 0 Å². The largest absolute Gasteiger partial charge is 0.495 e. The fraction of sp³-hybridized carbons (Fsp3) is 0.611. The Hall–Kier alpha value is -1.91. The molecule has 0 aliphatic heterocycles. The normalized spacial score (nSPS) is 12.7. The monoisotopic (exact) mass is 322 g/mol. The molecule has 5 heteroatoms. The van der Waals surface area contributed by atoms with Gasteiger partial charge in [-0.3, -0.25) is 0 Å². The fourth-order valence-electron chi connectivity index (χ4n) is 2.26. The summed E-state index contributed by atoms with van der Waals surface area (Å²) in [6.45, 7) is 10.4. The van der Waals surface area contributed by atoms with Crippen molar-refractivity contribution in [2.75, 3.05) is 19.0 Å². The van der Waals surface area contributed by atoms with Crippen LogP contribution in [0.5, 0.6) is 5.75 Å². The zero-order chi connectivity index (χ0) is 17.5. The van der Waals surface area contributed by atoms with Gasteiger partial charge in [0.25, 0.3) is 0 Å². The maximum atomic E-state index is 12.0. The van der Waals surface area contributed by atoms with E-state index >= 15 is 0 Å². The van der Waals surface area contributed by atoms with Crippen molar-refractivity contribution in [2.24, 2.45) is 5.92 Å². The molecule has 1 amide bonds. The van der Waals surface area contributed by atoms with Crippen LogP contribution in [0.3, 0.4) is 0 Å². The van der Waals surface area contributed by atoms with Gasteiger partial charge < -0.3 is 20.1 Å². The third-order valence-electron chi connectivity index (χ3n) is 3.12. The predicted molar refractivity (Wildman–Crippen MR) is 94.1 cm³/mol. The number of benzene rings is 1. The molecule has 0 fully saturated rings. The number of nitrogens with one attached hydrogen (secondary N) is 2. The van der Waals surface area contributed by atoms with Gasteiger partial charge in [-0.1, -0.05) is 26.0 Å². The highest BCUT2D eigenvalue weighted by molar-refractivity contribution is 5.68. The highest BCUT2D eigenvalue weighted by atomic mass is 16.6. The molecule has 23 heavy (non-hydrogen) atoms. The molecular formula is C18H30N2O3. The van der Waals surface area contributed by atoms with Crippen LogP contribution in [0.25, 0.3) is 0 Å². The molecular weight excluding hydrogens is 292 g/mol. The van der Waals surface area contributed by atoms with Crippen LogP contribution >= 0.6 is 0 Å². The highest BCUT2D eigenvalue weighted by Gasteiger charge is 2.20. The second-order valence-corrected chi connectivity index (χ2v) is 7.05. The first kappa shape index (κ1) is 19.1. The van der Waals surface area contributed by atoms with E-state index in [1.165, 1.54) is 0 Å². The van der Waals surface area contributed by atoms with Crippen molar-refractivity contribution >= 4 is 11.8 Å². The Morgan fingerprint density at radius 3 is 2.43 bits per heavy atom. The van der Waals surface area contributed by atoms with Gasteiger partial charge in [-0.2, -0.15) is 0 Å². The van der Waals surface area contributed by atoms with E-state index in [2.05, 4.69) is 24.5 Å². The minimum Gasteiger partial charge on any atom is -0.495 e. The lowest BCUT2D eigenvalue weighted by Gasteiger charge is -2.25. The zero-order valence-corrected chi connectivity index (χ0v) is 15.1. The standard InChI is InChI=1S/C18H30N2O3/c1-13(2)11-14(20-17(21)23-18(3,4)5)12-19-15-9-7-8-10-16(15)22-6/h7-10,13-14,19H,11-12H2,1-6H3,(H,20,21)/t14-/m0/s1. The van der Waals surface area contributed by atoms with Crippen molar-refractivity contribution in [3.8, 4) is 5.75 Å². The third kappa shape index (κ3) is 7.77. The summed E-state index contributed by atoms with van der Waals surface area (Å²) < 4.78 is 10.7. The molecule has 0 aliphatic carbocycles. The first-order valence-electron chi connectivity index (χ1n) is 8.07. The Kier molecular flexibility index (Phi) is 7.20. The summed E-state index contributed by atoms with van der Waals surface area (Å²) in [4.78, 5) is 12.0. The van der Waals surface area contributed by atoms with Crippen LogP contribution in [0, 0.1) is 5.92 Å². The Bertz CT molecular complexity index is 495. The van der Waals surface area contributed by atoms with Crippen molar-refractivity contribution in [1.29, 1.82) is 0 Å². The van der Waals surface area contributed by atoms with E-state index in [-0.39, 0.29) is 12.1 Å². The van der Waals surface area contributed by atoms with Crippen molar-refractivity contribution in [1.82, 2.24) is 5.32 Å². The lowest BCUT2D eigenvalue weighted by molar-refractivity contribution is 0.0502. The van der Waals surface area contributed by atoms with E-state index in [0.717, 1.165) is 17.9 Å². The average molecular weight is 322 g/mol. The summed E-state index contributed by atoms with van der Waals surface area (Å²) >= 11 is 0. The van der Waals surface area contributed by atoms with Crippen molar-refractivity contribution in [3.63, 3.8) is 0 Å². The second kappa shape index (κ2) is 8.65. The predicted octanol–water partition coefficient (Wildman–Crippen LogP) is 4.05. The Morgan fingerprint density at radius 2 is 1.87 bits per heavy atom. The number of anilines is 1. The number of amides is 1. The molecule has 0 saturated carbocycles. The van der Waals surface area contributed by atoms with E-state index in [0.29, 0.717) is 12.5 Å². The number of hydrogen-bond donors (Lipinski definition) is 2. The lowest BCUT2D eigenvalue weighted by atomic mass is 10.0. The van der Waals surface area contributed by atoms with Crippen LogP contribution in [0.1, 0.15) is 41.0 Å². The van der Waals surface area contributed by atoms with E-state index in [9.17, 15) is 4.79 Å². The van der Waals surface area contributed by atoms with Crippen LogP contribution in [0.15, 0.2) is 24.3 Å². The highest BCUT2D eigenvalue weighted by Crippen LogP contribution is 2.23. The number of methoxy groups -OCH3 is 1. The van der Waals surface area contributed by atoms with Gasteiger partial charge in [0, 0.05) is 12.6 Å². The maximum absolute atomic E-state index is 12.0. The number of carbonyl (C=O) groups is 1. The third-order valence-corrected chi connectivity index (χ3v) is 3.12. The fourth-order valence-corrected chi connectivity index (χ4v) is 2.26. The number of alkyl carbamates (subject to hydrolysis) is 1. The number of hydrogen-bond acceptors (Lipinski definition) is 4. The van der Waals surface area contributed by atoms with Gasteiger partial charge in [0.05, 0.1) is 12.8 Å². The SMILES string of the molecule is COc1ccccc1NC[C@H](CC(C)C)NC(=O)OC(C)(C)C. The molecule has 1 aromatic carbocycles. The van der Waals surface area contributed by atoms with Crippen LogP contribution < -0.4 is 15.4 Å². The lowest BCUT2D eigenvalue weighted by Crippen LogP contribution is -2.43. The topological polar surface area (TPSA) is 59.6 Å². The van der Waals surface area contributed by atoms with Crippen LogP contribution in [-0.2, 0) is 4.74 Å². The molecule has 0 radical (unpaired) electrons. The quantitative estimate of drug-likeness (QED) is 0.795. The molecule has 1 atom stereocenters. The maximum Gasteiger partial charge on any atom is 0.407 e. The Balaban J connectivity index is 2.66.